The van der Waals surface area contributed by atoms with Crippen LogP contribution in [-0.4, -0.2) is 12.1 Å². The monoisotopic (exact) mass is 414 g/mol. The number of amides is 1. The van der Waals surface area contributed by atoms with Crippen LogP contribution in [0.2, 0.25) is 0 Å². The third kappa shape index (κ3) is 5.96. The molecule has 0 heterocycles. The minimum Gasteiger partial charge on any atom is -0.267 e. The van der Waals surface area contributed by atoms with Crippen molar-refractivity contribution in [2.75, 3.05) is 0 Å². The van der Waals surface area contributed by atoms with Gasteiger partial charge in [0.15, 0.2) is 0 Å². The highest BCUT2D eigenvalue weighted by Gasteiger charge is 2.30. The van der Waals surface area contributed by atoms with Crippen LogP contribution in [0.15, 0.2) is 87.7 Å². The Morgan fingerprint density at radius 2 is 1.59 bits per heavy atom. The maximum absolute atomic E-state index is 12.7. The van der Waals surface area contributed by atoms with Gasteiger partial charge in [-0.15, -0.1) is 0 Å². The SMILES string of the molecule is Cc1ccc(Sc2ccc(/C=N\NC(=O)c3cccc(C(F)(F)F)c3)cc2)cc1. The number of nitrogens with zero attached hydrogens (tertiary/aromatic N) is 1. The summed E-state index contributed by atoms with van der Waals surface area (Å²) >= 11 is 1.63. The van der Waals surface area contributed by atoms with Gasteiger partial charge in [-0.25, -0.2) is 5.43 Å². The summed E-state index contributed by atoms with van der Waals surface area (Å²) in [6, 6.07) is 20.0. The second kappa shape index (κ2) is 8.96. The Hall–Kier alpha value is -3.06. The first kappa shape index (κ1) is 20.7. The van der Waals surface area contributed by atoms with Crippen molar-refractivity contribution < 1.29 is 18.0 Å². The molecule has 0 aliphatic heterocycles. The fourth-order valence-corrected chi connectivity index (χ4v) is 3.25. The molecule has 7 heteroatoms. The van der Waals surface area contributed by atoms with Gasteiger partial charge in [0.1, 0.15) is 0 Å². The molecule has 148 valence electrons. The molecule has 0 aromatic heterocycles. The summed E-state index contributed by atoms with van der Waals surface area (Å²) < 4.78 is 38.2. The van der Waals surface area contributed by atoms with E-state index in [9.17, 15) is 18.0 Å². The van der Waals surface area contributed by atoms with Crippen LogP contribution in [0, 0.1) is 6.92 Å². The number of nitrogens with one attached hydrogen (secondary N) is 1. The molecule has 0 aliphatic carbocycles. The number of carbonyl (C=O) groups excluding carboxylic acids is 1. The van der Waals surface area contributed by atoms with Gasteiger partial charge in [-0.05, 0) is 55.0 Å². The molecule has 3 aromatic rings. The zero-order valence-corrected chi connectivity index (χ0v) is 16.2. The van der Waals surface area contributed by atoms with Crippen molar-refractivity contribution in [1.82, 2.24) is 5.43 Å². The second-order valence-electron chi connectivity index (χ2n) is 6.26. The van der Waals surface area contributed by atoms with Crippen molar-refractivity contribution in [1.29, 1.82) is 0 Å². The highest BCUT2D eigenvalue weighted by Crippen LogP contribution is 2.29. The standard InChI is InChI=1S/C22H17F3N2OS/c1-15-5-9-19(10-6-15)29-20-11-7-16(8-12-20)14-26-27-21(28)17-3-2-4-18(13-17)22(23,24)25/h2-14H,1H3,(H,27,28)/b26-14-. The maximum atomic E-state index is 12.7. The van der Waals surface area contributed by atoms with Crippen LogP contribution in [-0.2, 0) is 6.18 Å². The van der Waals surface area contributed by atoms with E-state index in [2.05, 4.69) is 34.8 Å². The summed E-state index contributed by atoms with van der Waals surface area (Å²) in [6.45, 7) is 2.04. The van der Waals surface area contributed by atoms with E-state index in [0.717, 1.165) is 27.5 Å². The Morgan fingerprint density at radius 3 is 2.21 bits per heavy atom. The summed E-state index contributed by atoms with van der Waals surface area (Å²) in [5, 5.41) is 3.82. The van der Waals surface area contributed by atoms with E-state index >= 15 is 0 Å². The highest BCUT2D eigenvalue weighted by atomic mass is 32.2. The second-order valence-corrected chi connectivity index (χ2v) is 7.41. The van der Waals surface area contributed by atoms with E-state index in [1.54, 1.807) is 11.8 Å². The first-order chi connectivity index (χ1) is 13.8. The number of benzene rings is 3. The van der Waals surface area contributed by atoms with Gasteiger partial charge in [-0.2, -0.15) is 18.3 Å². The Morgan fingerprint density at radius 1 is 0.966 bits per heavy atom. The van der Waals surface area contributed by atoms with Gasteiger partial charge in [0.05, 0.1) is 11.8 Å². The van der Waals surface area contributed by atoms with Gasteiger partial charge < -0.3 is 0 Å². The van der Waals surface area contributed by atoms with E-state index in [-0.39, 0.29) is 5.56 Å². The van der Waals surface area contributed by atoms with E-state index < -0.39 is 17.6 Å². The van der Waals surface area contributed by atoms with Crippen molar-refractivity contribution in [2.45, 2.75) is 22.9 Å². The molecular weight excluding hydrogens is 397 g/mol. The summed E-state index contributed by atoms with van der Waals surface area (Å²) in [4.78, 5) is 14.2. The van der Waals surface area contributed by atoms with Crippen LogP contribution in [0.4, 0.5) is 13.2 Å². The molecule has 0 unspecified atom stereocenters. The van der Waals surface area contributed by atoms with Crippen molar-refractivity contribution >= 4 is 23.9 Å². The third-order valence-corrected chi connectivity index (χ3v) is 4.98. The zero-order chi connectivity index (χ0) is 20.9. The molecule has 0 saturated heterocycles. The van der Waals surface area contributed by atoms with Crippen LogP contribution < -0.4 is 5.43 Å². The predicted octanol–water partition coefficient (Wildman–Crippen LogP) is 5.93. The number of rotatable bonds is 5. The average Bonchev–Trinajstić information content (AvgIpc) is 2.70. The number of aryl methyl sites for hydroxylation is 1. The van der Waals surface area contributed by atoms with Gasteiger partial charge in [0.25, 0.3) is 5.91 Å². The summed E-state index contributed by atoms with van der Waals surface area (Å²) in [5.41, 5.74) is 3.21. The molecule has 0 radical (unpaired) electrons. The number of alkyl halides is 3. The highest BCUT2D eigenvalue weighted by molar-refractivity contribution is 7.99. The van der Waals surface area contributed by atoms with Crippen molar-refractivity contribution in [3.8, 4) is 0 Å². The first-order valence-corrected chi connectivity index (χ1v) is 9.48. The topological polar surface area (TPSA) is 41.5 Å². The van der Waals surface area contributed by atoms with Crippen molar-refractivity contribution in [3.05, 3.63) is 95.1 Å². The van der Waals surface area contributed by atoms with Crippen molar-refractivity contribution in [3.63, 3.8) is 0 Å². The van der Waals surface area contributed by atoms with Gasteiger partial charge in [-0.1, -0.05) is 47.7 Å². The Kier molecular flexibility index (Phi) is 6.39. The van der Waals surface area contributed by atoms with E-state index in [0.29, 0.717) is 0 Å². The van der Waals surface area contributed by atoms with Crippen LogP contribution in [0.5, 0.6) is 0 Å². The van der Waals surface area contributed by atoms with Gasteiger partial charge in [0.2, 0.25) is 0 Å². The molecule has 1 N–H and O–H groups in total. The molecule has 0 atom stereocenters. The average molecular weight is 414 g/mol. The molecule has 3 aromatic carbocycles. The smallest absolute Gasteiger partial charge is 0.267 e. The molecule has 0 bridgehead atoms. The van der Waals surface area contributed by atoms with Gasteiger partial charge in [-0.3, -0.25) is 4.79 Å². The first-order valence-electron chi connectivity index (χ1n) is 8.66. The molecule has 0 aliphatic rings. The lowest BCUT2D eigenvalue weighted by Crippen LogP contribution is -2.18. The number of hydrogen-bond donors (Lipinski definition) is 1. The molecule has 0 fully saturated rings. The molecule has 3 rings (SSSR count). The van der Waals surface area contributed by atoms with Gasteiger partial charge in [0, 0.05) is 15.4 Å². The van der Waals surface area contributed by atoms with Crippen LogP contribution in [0.3, 0.4) is 0 Å². The van der Waals surface area contributed by atoms with Crippen LogP contribution in [0.25, 0.3) is 0 Å². The van der Waals surface area contributed by atoms with Gasteiger partial charge >= 0.3 is 6.18 Å². The fourth-order valence-electron chi connectivity index (χ4n) is 2.43. The lowest BCUT2D eigenvalue weighted by molar-refractivity contribution is -0.137. The lowest BCUT2D eigenvalue weighted by Gasteiger charge is -2.07. The molecule has 1 amide bonds. The number of hydrogen-bond acceptors (Lipinski definition) is 3. The van der Waals surface area contributed by atoms with E-state index in [4.69, 9.17) is 0 Å². The number of carbonyl (C=O) groups is 1. The zero-order valence-electron chi connectivity index (χ0n) is 15.4. The minimum atomic E-state index is -4.50. The summed E-state index contributed by atoms with van der Waals surface area (Å²) in [5.74, 6) is -0.709. The van der Waals surface area contributed by atoms with Crippen molar-refractivity contribution in [2.24, 2.45) is 5.10 Å². The molecule has 0 saturated carbocycles. The fraction of sp³-hybridized carbons (Fsp3) is 0.0909. The third-order valence-electron chi connectivity index (χ3n) is 3.97. The molecule has 3 nitrogen and oxygen atoms in total. The van der Waals surface area contributed by atoms with Crippen LogP contribution in [0.1, 0.15) is 27.0 Å². The molecule has 0 spiro atoms. The Balaban J connectivity index is 1.59. The number of hydrazone groups is 1. The largest absolute Gasteiger partial charge is 0.416 e. The Labute approximate surface area is 170 Å². The minimum absolute atomic E-state index is 0.109. The molecule has 29 heavy (non-hydrogen) atoms. The quantitative estimate of drug-likeness (QED) is 0.415. The summed E-state index contributed by atoms with van der Waals surface area (Å²) in [6.07, 6.45) is -3.07. The molecular formula is C22H17F3N2OS. The summed E-state index contributed by atoms with van der Waals surface area (Å²) in [7, 11) is 0. The Bertz CT molecular complexity index is 1010. The maximum Gasteiger partial charge on any atom is 0.416 e. The predicted molar refractivity (Wildman–Crippen MR) is 108 cm³/mol. The van der Waals surface area contributed by atoms with Crippen LogP contribution >= 0.6 is 11.8 Å². The van der Waals surface area contributed by atoms with E-state index in [1.807, 2.05) is 31.2 Å². The number of halogens is 3. The normalized spacial score (nSPS) is 11.6. The van der Waals surface area contributed by atoms with E-state index in [1.165, 1.54) is 23.9 Å². The lowest BCUT2D eigenvalue weighted by atomic mass is 10.1.